The average molecular weight is 325 g/mol. The van der Waals surface area contributed by atoms with Gasteiger partial charge in [-0.2, -0.15) is 0 Å². The van der Waals surface area contributed by atoms with Crippen LogP contribution in [0.2, 0.25) is 0 Å². The molecule has 0 aliphatic heterocycles. The first-order valence-corrected chi connectivity index (χ1v) is 8.48. The molecule has 22 heavy (non-hydrogen) atoms. The van der Waals surface area contributed by atoms with Crippen molar-refractivity contribution in [1.82, 2.24) is 0 Å². The van der Waals surface area contributed by atoms with Gasteiger partial charge in [-0.3, -0.25) is 9.59 Å². The molecule has 128 valence electrons. The summed E-state index contributed by atoms with van der Waals surface area (Å²) < 4.78 is 0. The van der Waals surface area contributed by atoms with Crippen LogP contribution in [0.1, 0.15) is 91.8 Å². The minimum Gasteiger partial charge on any atom is -1.00 e. The number of carboxylic acids is 1. The number of carbonyl (C=O) groups is 2. The Labute approximate surface area is 160 Å². The third-order valence-corrected chi connectivity index (χ3v) is 3.41. The maximum absolute atomic E-state index is 11.1. The van der Waals surface area contributed by atoms with Crippen molar-refractivity contribution in [3.05, 3.63) is 0 Å². The fourth-order valence-electron chi connectivity index (χ4n) is 2.24. The smallest absolute Gasteiger partial charge is 1.00 e. The number of hydrogen-bond donors (Lipinski definition) is 2. The Hall–Kier alpha value is 0.1000. The monoisotopic (exact) mass is 325 g/mol. The van der Waals surface area contributed by atoms with Gasteiger partial charge in [0.2, 0.25) is 0 Å². The summed E-state index contributed by atoms with van der Waals surface area (Å²) in [5, 5.41) is 8.44. The summed E-state index contributed by atoms with van der Waals surface area (Å²) in [5.74, 6) is -1.14. The predicted octanol–water partition coefficient (Wildman–Crippen LogP) is 1.42. The number of unbranched alkanes of at least 4 members (excludes halogenated alkanes) is 10. The Morgan fingerprint density at radius 3 is 1.55 bits per heavy atom. The largest absolute Gasteiger partial charge is 1.00 e. The number of nitrogens with two attached hydrogens (primary N) is 1. The molecule has 0 saturated heterocycles. The number of aliphatic carboxylic acids is 1. The summed E-state index contributed by atoms with van der Waals surface area (Å²) in [6.45, 7) is 2.24. The number of hydrogen-bond acceptors (Lipinski definition) is 3. The Balaban J connectivity index is -0.000000432. The molecule has 0 amide bonds. The van der Waals surface area contributed by atoms with Crippen molar-refractivity contribution in [3.63, 3.8) is 0 Å². The molecule has 0 radical (unpaired) electrons. The van der Waals surface area contributed by atoms with Gasteiger partial charge in [0.15, 0.2) is 0 Å². The van der Waals surface area contributed by atoms with E-state index in [-0.39, 0.29) is 43.2 Å². The van der Waals surface area contributed by atoms with Gasteiger partial charge < -0.3 is 12.3 Å². The Morgan fingerprint density at radius 2 is 1.18 bits per heavy atom. The van der Waals surface area contributed by atoms with Gasteiger partial charge in [0.05, 0.1) is 0 Å². The van der Waals surface area contributed by atoms with E-state index in [1.54, 1.807) is 0 Å². The van der Waals surface area contributed by atoms with E-state index in [1.807, 2.05) is 0 Å². The zero-order valence-corrected chi connectivity index (χ0v) is 17.0. The molecule has 0 heterocycles. The third kappa shape index (κ3) is 25.1. The molecule has 5 heteroatoms. The van der Waals surface area contributed by atoms with E-state index in [2.05, 4.69) is 12.7 Å². The molecule has 0 aliphatic rings. The van der Waals surface area contributed by atoms with Gasteiger partial charge >= 0.3 is 35.5 Å². The van der Waals surface area contributed by atoms with Crippen LogP contribution in [0.25, 0.3) is 0 Å². The van der Waals surface area contributed by atoms with E-state index in [9.17, 15) is 9.59 Å². The van der Waals surface area contributed by atoms with Crippen molar-refractivity contribution in [2.24, 2.45) is 5.73 Å². The van der Waals surface area contributed by atoms with Crippen LogP contribution in [0.4, 0.5) is 0 Å². The molecule has 0 aromatic rings. The summed E-state index contributed by atoms with van der Waals surface area (Å²) in [5.41, 5.74) is 4.50. The van der Waals surface area contributed by atoms with Crippen LogP contribution in [-0.4, -0.2) is 23.9 Å². The fraction of sp³-hybridized carbons (Fsp3) is 0.882. The molecule has 0 unspecified atom stereocenters. The molecular formula is C17H36NNaO3. The summed E-state index contributed by atoms with van der Waals surface area (Å²) in [4.78, 5) is 21.4. The molecule has 0 rings (SSSR count). The first kappa shape index (κ1) is 27.0. The zero-order valence-electron chi connectivity index (χ0n) is 16.0. The number of carboxylic acid groups (broad SMARTS) is 1. The quantitative estimate of drug-likeness (QED) is 0.288. The molecule has 0 aliphatic carbocycles. The topological polar surface area (TPSA) is 80.4 Å². The summed E-state index contributed by atoms with van der Waals surface area (Å²) in [6, 6.07) is 0. The molecule has 0 saturated carbocycles. The first-order valence-electron chi connectivity index (χ1n) is 8.48. The predicted molar refractivity (Wildman–Crippen MR) is 89.6 cm³/mol. The van der Waals surface area contributed by atoms with Gasteiger partial charge in [0.1, 0.15) is 12.2 Å². The second-order valence-corrected chi connectivity index (χ2v) is 5.39. The average Bonchev–Trinajstić information content (AvgIpc) is 2.46. The van der Waals surface area contributed by atoms with Crippen molar-refractivity contribution < 1.29 is 45.7 Å². The standard InChI is InChI=1S/C16H30O3.CH5N.Na.H/c1-2-3-4-5-6-7-8-9-10-11-12-13-15(17)14-16(18)19;1-2;;/h2-14H2,1H3,(H,18,19);2H2,1H3;;/q;;+1;-1. The molecule has 0 spiro atoms. The molecule has 4 nitrogen and oxygen atoms in total. The maximum atomic E-state index is 11.1. The number of rotatable bonds is 14. The maximum Gasteiger partial charge on any atom is 1.00 e. The first-order chi connectivity index (χ1) is 10.2. The minimum atomic E-state index is -1.01. The van der Waals surface area contributed by atoms with E-state index < -0.39 is 5.97 Å². The van der Waals surface area contributed by atoms with Gasteiger partial charge in [-0.05, 0) is 13.5 Å². The minimum absolute atomic E-state index is 0. The number of Topliss-reactive ketones (excluding diaryl/α,β-unsaturated/α-hetero) is 1. The molecule has 0 bridgehead atoms. The van der Waals surface area contributed by atoms with Crippen LogP contribution >= 0.6 is 0 Å². The van der Waals surface area contributed by atoms with Crippen LogP contribution in [0.15, 0.2) is 0 Å². The fourth-order valence-corrected chi connectivity index (χ4v) is 2.24. The normalized spacial score (nSPS) is 9.41. The second kappa shape index (κ2) is 23.4. The van der Waals surface area contributed by atoms with Crippen molar-refractivity contribution in [3.8, 4) is 0 Å². The van der Waals surface area contributed by atoms with Crippen molar-refractivity contribution in [2.45, 2.75) is 90.4 Å². The van der Waals surface area contributed by atoms with Gasteiger partial charge in [-0.15, -0.1) is 0 Å². The number of ketones is 1. The number of carbonyl (C=O) groups excluding carboxylic acids is 1. The van der Waals surface area contributed by atoms with Crippen LogP contribution in [0.5, 0.6) is 0 Å². The molecule has 0 fully saturated rings. The zero-order chi connectivity index (χ0) is 16.3. The molecule has 0 atom stereocenters. The molecular weight excluding hydrogens is 289 g/mol. The third-order valence-electron chi connectivity index (χ3n) is 3.41. The van der Waals surface area contributed by atoms with Crippen LogP contribution in [0.3, 0.4) is 0 Å². The SMILES string of the molecule is CCCCCCCCCCCCCC(=O)CC(=O)O.CN.[H-].[Na+]. The van der Waals surface area contributed by atoms with Crippen LogP contribution < -0.4 is 35.3 Å². The Kier molecular flexibility index (Phi) is 28.6. The Morgan fingerprint density at radius 1 is 0.818 bits per heavy atom. The van der Waals surface area contributed by atoms with Crippen LogP contribution in [0, 0.1) is 0 Å². The molecule has 0 aromatic carbocycles. The van der Waals surface area contributed by atoms with E-state index in [0.717, 1.165) is 12.8 Å². The van der Waals surface area contributed by atoms with Crippen LogP contribution in [-0.2, 0) is 9.59 Å². The molecule has 3 N–H and O–H groups in total. The summed E-state index contributed by atoms with van der Waals surface area (Å²) >= 11 is 0. The van der Waals surface area contributed by atoms with Crippen molar-refractivity contribution in [1.29, 1.82) is 0 Å². The van der Waals surface area contributed by atoms with Gasteiger partial charge in [-0.1, -0.05) is 71.1 Å². The van der Waals surface area contributed by atoms with Gasteiger partial charge in [-0.25, -0.2) is 0 Å². The van der Waals surface area contributed by atoms with Gasteiger partial charge in [0.25, 0.3) is 0 Å². The van der Waals surface area contributed by atoms with Gasteiger partial charge in [0, 0.05) is 6.42 Å². The van der Waals surface area contributed by atoms with E-state index in [1.165, 1.54) is 64.8 Å². The molecule has 0 aromatic heterocycles. The van der Waals surface area contributed by atoms with Crippen molar-refractivity contribution in [2.75, 3.05) is 7.05 Å². The summed E-state index contributed by atoms with van der Waals surface area (Å²) in [7, 11) is 1.50. The van der Waals surface area contributed by atoms with E-state index >= 15 is 0 Å². The second-order valence-electron chi connectivity index (χ2n) is 5.39. The van der Waals surface area contributed by atoms with E-state index in [0.29, 0.717) is 6.42 Å². The summed E-state index contributed by atoms with van der Waals surface area (Å²) in [6.07, 6.45) is 13.9. The van der Waals surface area contributed by atoms with Crippen molar-refractivity contribution >= 4 is 11.8 Å². The Bertz CT molecular complexity index is 254. The van der Waals surface area contributed by atoms with E-state index in [4.69, 9.17) is 5.11 Å².